The number of carbonyl (C=O) groups is 1. The van der Waals surface area contributed by atoms with E-state index in [0.29, 0.717) is 5.56 Å². The number of benzene rings is 2. The number of rotatable bonds is 7. The molecule has 0 heterocycles. The Labute approximate surface area is 167 Å². The monoisotopic (exact) mass is 378 g/mol. The van der Waals surface area contributed by atoms with Gasteiger partial charge >= 0.3 is 0 Å². The fourth-order valence-electron chi connectivity index (χ4n) is 3.77. The van der Waals surface area contributed by atoms with Gasteiger partial charge in [-0.2, -0.15) is 0 Å². The average Bonchev–Trinajstić information content (AvgIpc) is 2.72. The molecule has 1 amide bonds. The summed E-state index contributed by atoms with van der Waals surface area (Å²) >= 11 is 0. The minimum absolute atomic E-state index is 0.0565. The van der Waals surface area contributed by atoms with Gasteiger partial charge in [-0.15, -0.1) is 0 Å². The predicted octanol–water partition coefficient (Wildman–Crippen LogP) is 2.88. The topological polar surface area (TPSA) is 65.5 Å². The Hall–Kier alpha value is -2.82. The molecule has 1 saturated carbocycles. The van der Waals surface area contributed by atoms with Crippen molar-refractivity contribution in [2.45, 2.75) is 31.1 Å². The van der Waals surface area contributed by atoms with Crippen LogP contribution in [0, 0.1) is 0 Å². The van der Waals surface area contributed by atoms with Gasteiger partial charge in [-0.3, -0.25) is 9.79 Å². The number of hydrogen-bond donors (Lipinski definition) is 3. The fourth-order valence-corrected chi connectivity index (χ4v) is 3.77. The maximum Gasteiger partial charge on any atom is 0.251 e. The molecule has 3 N–H and O–H groups in total. The summed E-state index contributed by atoms with van der Waals surface area (Å²) in [5.41, 5.74) is 3.46. The number of hydrogen-bond acceptors (Lipinski definition) is 2. The summed E-state index contributed by atoms with van der Waals surface area (Å²) in [4.78, 5) is 16.1. The van der Waals surface area contributed by atoms with Crippen molar-refractivity contribution in [3.8, 4) is 0 Å². The fraction of sp³-hybridized carbons (Fsp3) is 0.391. The van der Waals surface area contributed by atoms with Crippen LogP contribution in [-0.2, 0) is 11.8 Å². The molecule has 1 aliphatic carbocycles. The highest BCUT2D eigenvalue weighted by Crippen LogP contribution is 2.43. The molecular weight excluding hydrogens is 348 g/mol. The third-order valence-corrected chi connectivity index (χ3v) is 5.64. The standard InChI is InChI=1S/C23H30N4O/c1-24-21(28)19-9-6-8-18(16-19)12-15-26-22(25-2)27-17-23(13-7-14-23)20-10-4-3-5-11-20/h3-6,8-11,16H,7,12-15,17H2,1-2H3,(H,24,28)(H2,25,26,27). The molecule has 28 heavy (non-hydrogen) atoms. The predicted molar refractivity (Wildman–Crippen MR) is 115 cm³/mol. The minimum atomic E-state index is -0.0565. The lowest BCUT2D eigenvalue weighted by Crippen LogP contribution is -2.49. The first-order valence-electron chi connectivity index (χ1n) is 9.98. The van der Waals surface area contributed by atoms with Crippen LogP contribution in [-0.4, -0.2) is 39.1 Å². The Bertz CT molecular complexity index is 812. The van der Waals surface area contributed by atoms with Crippen molar-refractivity contribution in [1.29, 1.82) is 0 Å². The van der Waals surface area contributed by atoms with E-state index in [1.54, 1.807) is 14.1 Å². The Morgan fingerprint density at radius 2 is 1.86 bits per heavy atom. The summed E-state index contributed by atoms with van der Waals surface area (Å²) in [6.07, 6.45) is 4.54. The van der Waals surface area contributed by atoms with Crippen LogP contribution in [0.5, 0.6) is 0 Å². The van der Waals surface area contributed by atoms with Gasteiger partial charge < -0.3 is 16.0 Å². The van der Waals surface area contributed by atoms with E-state index < -0.39 is 0 Å². The van der Waals surface area contributed by atoms with E-state index >= 15 is 0 Å². The molecule has 0 unspecified atom stereocenters. The van der Waals surface area contributed by atoms with Crippen LogP contribution in [0.2, 0.25) is 0 Å². The van der Waals surface area contributed by atoms with Gasteiger partial charge in [-0.25, -0.2) is 0 Å². The first kappa shape index (κ1) is 19.9. The summed E-state index contributed by atoms with van der Waals surface area (Å²) in [6.45, 7) is 1.65. The third kappa shape index (κ3) is 4.71. The molecule has 0 aromatic heterocycles. The Morgan fingerprint density at radius 3 is 2.50 bits per heavy atom. The summed E-state index contributed by atoms with van der Waals surface area (Å²) in [6, 6.07) is 18.5. The van der Waals surface area contributed by atoms with Crippen LogP contribution in [0.25, 0.3) is 0 Å². The van der Waals surface area contributed by atoms with Crippen molar-refractivity contribution < 1.29 is 4.79 Å². The first-order valence-corrected chi connectivity index (χ1v) is 9.98. The van der Waals surface area contributed by atoms with Crippen molar-refractivity contribution in [3.63, 3.8) is 0 Å². The van der Waals surface area contributed by atoms with Crippen LogP contribution in [0.3, 0.4) is 0 Å². The highest BCUT2D eigenvalue weighted by atomic mass is 16.1. The SMILES string of the molecule is CN=C(NCCc1cccc(C(=O)NC)c1)NCC1(c2ccccc2)CCC1. The molecule has 0 spiro atoms. The van der Waals surface area contributed by atoms with Crippen LogP contribution in [0.15, 0.2) is 59.6 Å². The molecule has 148 valence electrons. The number of amides is 1. The average molecular weight is 379 g/mol. The van der Waals surface area contributed by atoms with Gasteiger partial charge in [-0.05, 0) is 42.5 Å². The van der Waals surface area contributed by atoms with Gasteiger partial charge in [0.15, 0.2) is 5.96 Å². The van der Waals surface area contributed by atoms with E-state index in [1.807, 2.05) is 24.3 Å². The number of guanidine groups is 1. The second-order valence-corrected chi connectivity index (χ2v) is 7.38. The number of nitrogens with zero attached hydrogens (tertiary/aromatic N) is 1. The molecule has 2 aromatic carbocycles. The van der Waals surface area contributed by atoms with Crippen LogP contribution < -0.4 is 16.0 Å². The number of nitrogens with one attached hydrogen (secondary N) is 3. The van der Waals surface area contributed by atoms with E-state index in [0.717, 1.165) is 31.0 Å². The van der Waals surface area contributed by atoms with Gasteiger partial charge in [0.05, 0.1) is 0 Å². The van der Waals surface area contributed by atoms with Gasteiger partial charge in [0.25, 0.3) is 5.91 Å². The zero-order valence-electron chi connectivity index (χ0n) is 16.8. The van der Waals surface area contributed by atoms with Crippen LogP contribution >= 0.6 is 0 Å². The largest absolute Gasteiger partial charge is 0.356 e. The zero-order chi connectivity index (χ0) is 19.8. The second-order valence-electron chi connectivity index (χ2n) is 7.38. The molecule has 3 rings (SSSR count). The van der Waals surface area contributed by atoms with Crippen molar-refractivity contribution in [1.82, 2.24) is 16.0 Å². The van der Waals surface area contributed by atoms with Gasteiger partial charge in [-0.1, -0.05) is 48.9 Å². The van der Waals surface area contributed by atoms with Gasteiger partial charge in [0, 0.05) is 38.2 Å². The van der Waals surface area contributed by atoms with Crippen molar-refractivity contribution in [3.05, 3.63) is 71.3 Å². The molecule has 0 saturated heterocycles. The van der Waals surface area contributed by atoms with E-state index in [4.69, 9.17) is 0 Å². The maximum absolute atomic E-state index is 11.8. The third-order valence-electron chi connectivity index (χ3n) is 5.64. The quantitative estimate of drug-likeness (QED) is 0.513. The van der Waals surface area contributed by atoms with E-state index in [2.05, 4.69) is 51.3 Å². The summed E-state index contributed by atoms with van der Waals surface area (Å²) in [5, 5.41) is 9.57. The lowest BCUT2D eigenvalue weighted by Gasteiger charge is -2.43. The molecule has 0 atom stereocenters. The van der Waals surface area contributed by atoms with E-state index in [-0.39, 0.29) is 11.3 Å². The highest BCUT2D eigenvalue weighted by Gasteiger charge is 2.38. The smallest absolute Gasteiger partial charge is 0.251 e. The zero-order valence-corrected chi connectivity index (χ0v) is 16.8. The van der Waals surface area contributed by atoms with Crippen molar-refractivity contribution in [2.75, 3.05) is 27.2 Å². The van der Waals surface area contributed by atoms with Gasteiger partial charge in [0.1, 0.15) is 0 Å². The maximum atomic E-state index is 11.8. The minimum Gasteiger partial charge on any atom is -0.356 e. The molecule has 5 nitrogen and oxygen atoms in total. The first-order chi connectivity index (χ1) is 13.7. The van der Waals surface area contributed by atoms with E-state index in [9.17, 15) is 4.79 Å². The van der Waals surface area contributed by atoms with Crippen molar-refractivity contribution in [2.24, 2.45) is 4.99 Å². The van der Waals surface area contributed by atoms with E-state index in [1.165, 1.54) is 24.8 Å². The van der Waals surface area contributed by atoms with Crippen molar-refractivity contribution >= 4 is 11.9 Å². The summed E-state index contributed by atoms with van der Waals surface area (Å²) < 4.78 is 0. The van der Waals surface area contributed by atoms with Crippen LogP contribution in [0.4, 0.5) is 0 Å². The molecule has 2 aromatic rings. The summed E-state index contributed by atoms with van der Waals surface area (Å²) in [5.74, 6) is 0.767. The highest BCUT2D eigenvalue weighted by molar-refractivity contribution is 5.94. The van der Waals surface area contributed by atoms with Gasteiger partial charge in [0.2, 0.25) is 0 Å². The molecule has 0 bridgehead atoms. The molecule has 0 aliphatic heterocycles. The number of aliphatic imine (C=N–C) groups is 1. The second kappa shape index (κ2) is 9.40. The Morgan fingerprint density at radius 1 is 1.07 bits per heavy atom. The Kier molecular flexibility index (Phi) is 6.69. The molecule has 1 aliphatic rings. The molecule has 5 heteroatoms. The number of carbonyl (C=O) groups excluding carboxylic acids is 1. The molecular formula is C23H30N4O. The molecule has 1 fully saturated rings. The molecule has 0 radical (unpaired) electrons. The lowest BCUT2D eigenvalue weighted by atomic mass is 9.64. The normalized spacial score (nSPS) is 15.4. The summed E-state index contributed by atoms with van der Waals surface area (Å²) in [7, 11) is 3.45. The lowest BCUT2D eigenvalue weighted by molar-refractivity contribution is 0.0963. The Balaban J connectivity index is 1.51. The van der Waals surface area contributed by atoms with Crippen LogP contribution in [0.1, 0.15) is 40.7 Å².